The van der Waals surface area contributed by atoms with E-state index in [0.29, 0.717) is 11.5 Å². The zero-order chi connectivity index (χ0) is 20.7. The predicted octanol–water partition coefficient (Wildman–Crippen LogP) is 1.54. The topological polar surface area (TPSA) is 107 Å². The standard InChI is InChI=1S/C19H22N6O3S/c1-11-21-14(9-29-11)12-4-6-13(7-5-12)22-15(26)8-25-10-20-17-16(25)18(27)24(3)19(28)23(17)2/h4-7,9-10,15,19,22,26,28H,8H2,1-3H3. The monoisotopic (exact) mass is 414 g/mol. The quantitative estimate of drug-likeness (QED) is 0.544. The van der Waals surface area contributed by atoms with E-state index in [4.69, 9.17) is 0 Å². The van der Waals surface area contributed by atoms with Crippen LogP contribution in [0.4, 0.5) is 11.5 Å². The Morgan fingerprint density at radius 3 is 2.62 bits per heavy atom. The Balaban J connectivity index is 1.46. The SMILES string of the molecule is Cc1nc(-c2ccc(NC(O)Cn3cnc4c3C(=O)N(C)C(O)N4C)cc2)cs1. The highest BCUT2D eigenvalue weighted by Crippen LogP contribution is 2.27. The van der Waals surface area contributed by atoms with Crippen LogP contribution in [0, 0.1) is 6.92 Å². The van der Waals surface area contributed by atoms with E-state index >= 15 is 0 Å². The molecule has 0 aliphatic carbocycles. The van der Waals surface area contributed by atoms with Crippen molar-refractivity contribution in [3.05, 3.63) is 46.7 Å². The van der Waals surface area contributed by atoms with Gasteiger partial charge in [0.25, 0.3) is 5.91 Å². The molecule has 10 heteroatoms. The van der Waals surface area contributed by atoms with E-state index in [2.05, 4.69) is 15.3 Å². The molecular formula is C19H22N6O3S. The van der Waals surface area contributed by atoms with Gasteiger partial charge in [0.2, 0.25) is 6.35 Å². The summed E-state index contributed by atoms with van der Waals surface area (Å²) in [7, 11) is 3.17. The minimum atomic E-state index is -1.07. The average molecular weight is 414 g/mol. The molecule has 1 aromatic carbocycles. The third-order valence-corrected chi connectivity index (χ3v) is 5.64. The summed E-state index contributed by atoms with van der Waals surface area (Å²) in [5, 5.41) is 26.6. The van der Waals surface area contributed by atoms with Crippen LogP contribution in [0.2, 0.25) is 0 Å². The zero-order valence-electron chi connectivity index (χ0n) is 16.3. The second kappa shape index (κ2) is 7.47. The van der Waals surface area contributed by atoms with Crippen molar-refractivity contribution in [1.82, 2.24) is 19.4 Å². The molecule has 1 amide bonds. The van der Waals surface area contributed by atoms with Gasteiger partial charge in [-0.15, -0.1) is 11.3 Å². The number of hydrogen-bond donors (Lipinski definition) is 3. The van der Waals surface area contributed by atoms with Crippen molar-refractivity contribution in [2.45, 2.75) is 26.0 Å². The normalized spacial score (nSPS) is 17.4. The Morgan fingerprint density at radius 2 is 1.97 bits per heavy atom. The number of nitrogens with one attached hydrogen (secondary N) is 1. The number of hydrogen-bond acceptors (Lipinski definition) is 8. The highest BCUT2D eigenvalue weighted by atomic mass is 32.1. The number of imidazole rings is 1. The molecule has 2 atom stereocenters. The Labute approximate surface area is 171 Å². The van der Waals surface area contributed by atoms with Gasteiger partial charge < -0.3 is 25.0 Å². The summed E-state index contributed by atoms with van der Waals surface area (Å²) in [6, 6.07) is 7.63. The number of rotatable bonds is 5. The van der Waals surface area contributed by atoms with Gasteiger partial charge in [-0.1, -0.05) is 12.1 Å². The van der Waals surface area contributed by atoms with Crippen molar-refractivity contribution < 1.29 is 15.0 Å². The fourth-order valence-electron chi connectivity index (χ4n) is 3.29. The van der Waals surface area contributed by atoms with Gasteiger partial charge in [-0.05, 0) is 19.1 Å². The fraction of sp³-hybridized carbons (Fsp3) is 0.316. The number of anilines is 2. The number of thiazole rings is 1. The van der Waals surface area contributed by atoms with Gasteiger partial charge >= 0.3 is 0 Å². The van der Waals surface area contributed by atoms with E-state index in [9.17, 15) is 15.0 Å². The Bertz CT molecular complexity index is 1030. The number of benzene rings is 1. The summed E-state index contributed by atoms with van der Waals surface area (Å²) in [4.78, 5) is 24.0. The van der Waals surface area contributed by atoms with Crippen molar-refractivity contribution >= 4 is 28.7 Å². The molecule has 2 unspecified atom stereocenters. The summed E-state index contributed by atoms with van der Waals surface area (Å²) in [5.41, 5.74) is 3.01. The van der Waals surface area contributed by atoms with Gasteiger partial charge in [0.1, 0.15) is 6.23 Å². The first-order valence-electron chi connectivity index (χ1n) is 9.05. The van der Waals surface area contributed by atoms with Crippen LogP contribution in [0.3, 0.4) is 0 Å². The first-order chi connectivity index (χ1) is 13.8. The van der Waals surface area contributed by atoms with Crippen molar-refractivity contribution in [2.75, 3.05) is 24.3 Å². The van der Waals surface area contributed by atoms with Crippen LogP contribution in [-0.2, 0) is 6.54 Å². The molecule has 1 aliphatic rings. The first-order valence-corrected chi connectivity index (χ1v) is 9.93. The molecule has 9 nitrogen and oxygen atoms in total. The third kappa shape index (κ3) is 3.57. The molecule has 3 N–H and O–H groups in total. The maximum Gasteiger partial charge on any atom is 0.277 e. The molecule has 3 heterocycles. The summed E-state index contributed by atoms with van der Waals surface area (Å²) in [6.45, 7) is 2.09. The Hall–Kier alpha value is -2.95. The molecule has 2 aromatic heterocycles. The number of carbonyl (C=O) groups excluding carboxylic acids is 1. The maximum atomic E-state index is 12.5. The summed E-state index contributed by atoms with van der Waals surface area (Å²) < 4.78 is 1.58. The van der Waals surface area contributed by atoms with Crippen LogP contribution in [-0.4, -0.2) is 62.2 Å². The highest BCUT2D eigenvalue weighted by Gasteiger charge is 2.36. The lowest BCUT2D eigenvalue weighted by Gasteiger charge is -2.36. The summed E-state index contributed by atoms with van der Waals surface area (Å²) in [6.07, 6.45) is -0.513. The summed E-state index contributed by atoms with van der Waals surface area (Å²) >= 11 is 1.60. The van der Waals surface area contributed by atoms with Gasteiger partial charge in [-0.25, -0.2) is 9.97 Å². The van der Waals surface area contributed by atoms with Crippen LogP contribution >= 0.6 is 11.3 Å². The summed E-state index contributed by atoms with van der Waals surface area (Å²) in [5.74, 6) is 0.0360. The Kier molecular flexibility index (Phi) is 4.99. The van der Waals surface area contributed by atoms with Crippen LogP contribution in [0.5, 0.6) is 0 Å². The molecule has 0 fully saturated rings. The lowest BCUT2D eigenvalue weighted by Crippen LogP contribution is -2.52. The van der Waals surface area contributed by atoms with Crippen molar-refractivity contribution in [3.8, 4) is 11.3 Å². The molecule has 0 bridgehead atoms. The average Bonchev–Trinajstić information content (AvgIpc) is 3.32. The highest BCUT2D eigenvalue weighted by molar-refractivity contribution is 7.09. The van der Waals surface area contributed by atoms with E-state index < -0.39 is 12.6 Å². The number of aliphatic hydroxyl groups is 2. The number of nitrogens with zero attached hydrogens (tertiary/aromatic N) is 5. The predicted molar refractivity (Wildman–Crippen MR) is 111 cm³/mol. The molecule has 0 saturated carbocycles. The molecule has 29 heavy (non-hydrogen) atoms. The molecule has 0 radical (unpaired) electrons. The van der Waals surface area contributed by atoms with Crippen LogP contribution in [0.15, 0.2) is 36.0 Å². The van der Waals surface area contributed by atoms with Crippen molar-refractivity contribution in [2.24, 2.45) is 0 Å². The molecule has 4 rings (SSSR count). The van der Waals surface area contributed by atoms with Crippen molar-refractivity contribution in [1.29, 1.82) is 0 Å². The molecule has 1 aliphatic heterocycles. The second-order valence-electron chi connectivity index (χ2n) is 6.93. The van der Waals surface area contributed by atoms with E-state index in [1.165, 1.54) is 23.2 Å². The molecule has 0 saturated heterocycles. The van der Waals surface area contributed by atoms with Crippen LogP contribution < -0.4 is 10.2 Å². The number of aryl methyl sites for hydroxylation is 1. The zero-order valence-corrected chi connectivity index (χ0v) is 17.1. The van der Waals surface area contributed by atoms with Gasteiger partial charge in [0, 0.05) is 30.7 Å². The second-order valence-corrected chi connectivity index (χ2v) is 7.99. The maximum absolute atomic E-state index is 12.5. The molecule has 0 spiro atoms. The molecule has 3 aromatic rings. The number of fused-ring (bicyclic) bond motifs is 1. The minimum Gasteiger partial charge on any atom is -0.372 e. The number of aliphatic hydroxyl groups excluding tert-OH is 2. The minimum absolute atomic E-state index is 0.124. The lowest BCUT2D eigenvalue weighted by atomic mass is 10.1. The van der Waals surface area contributed by atoms with E-state index in [-0.39, 0.29) is 12.5 Å². The molecule has 152 valence electrons. The van der Waals surface area contributed by atoms with E-state index in [1.54, 1.807) is 23.0 Å². The number of carbonyl (C=O) groups is 1. The van der Waals surface area contributed by atoms with Gasteiger partial charge in [0.05, 0.1) is 23.6 Å². The van der Waals surface area contributed by atoms with E-state index in [1.807, 2.05) is 36.6 Å². The van der Waals surface area contributed by atoms with Crippen molar-refractivity contribution in [3.63, 3.8) is 0 Å². The first kappa shape index (κ1) is 19.4. The number of amides is 1. The smallest absolute Gasteiger partial charge is 0.277 e. The van der Waals surface area contributed by atoms with E-state index in [0.717, 1.165) is 22.0 Å². The third-order valence-electron chi connectivity index (χ3n) is 4.87. The largest absolute Gasteiger partial charge is 0.372 e. The van der Waals surface area contributed by atoms with Gasteiger partial charge in [-0.2, -0.15) is 0 Å². The van der Waals surface area contributed by atoms with Crippen LogP contribution in [0.25, 0.3) is 11.3 Å². The number of aromatic nitrogens is 3. The lowest BCUT2D eigenvalue weighted by molar-refractivity contribution is 0.0150. The Morgan fingerprint density at radius 1 is 1.24 bits per heavy atom. The molecular weight excluding hydrogens is 392 g/mol. The van der Waals surface area contributed by atoms with Gasteiger partial charge in [0.15, 0.2) is 11.5 Å². The van der Waals surface area contributed by atoms with Gasteiger partial charge in [-0.3, -0.25) is 9.69 Å². The van der Waals surface area contributed by atoms with Crippen LogP contribution in [0.1, 0.15) is 15.5 Å². The fourth-order valence-corrected chi connectivity index (χ4v) is 3.91.